The van der Waals surface area contributed by atoms with Crippen molar-refractivity contribution >= 4 is 51.3 Å². The number of hydrogen-bond acceptors (Lipinski definition) is 5. The van der Waals surface area contributed by atoms with E-state index in [1.165, 1.54) is 10.4 Å². The van der Waals surface area contributed by atoms with Gasteiger partial charge in [0.05, 0.1) is 4.34 Å². The third kappa shape index (κ3) is 4.42. The first-order valence-electron chi connectivity index (χ1n) is 7.73. The zero-order valence-corrected chi connectivity index (χ0v) is 16.3. The molecule has 136 valence electrons. The number of hydrogen-bond donors (Lipinski definition) is 1. The Balaban J connectivity index is 0.00000208. The summed E-state index contributed by atoms with van der Waals surface area (Å²) in [6.45, 7) is 2.55. The molecule has 1 amide bonds. The Morgan fingerprint density at radius 3 is 2.54 bits per heavy atom. The molecule has 0 saturated carbocycles. The molecule has 0 radical (unpaired) electrons. The second-order valence-corrected chi connectivity index (χ2v) is 9.72. The van der Waals surface area contributed by atoms with Crippen LogP contribution in [0.25, 0.3) is 0 Å². The number of carbonyl (C=O) groups excluding carboxylic acids is 1. The van der Waals surface area contributed by atoms with Gasteiger partial charge in [-0.25, -0.2) is 8.42 Å². The highest BCUT2D eigenvalue weighted by Gasteiger charge is 2.31. The quantitative estimate of drug-likeness (QED) is 0.816. The first-order chi connectivity index (χ1) is 11.0. The first kappa shape index (κ1) is 19.9. The van der Waals surface area contributed by atoms with Crippen LogP contribution in [0.5, 0.6) is 0 Å². The van der Waals surface area contributed by atoms with Gasteiger partial charge in [0.2, 0.25) is 5.91 Å². The summed E-state index contributed by atoms with van der Waals surface area (Å²) in [6.07, 6.45) is 2.67. The van der Waals surface area contributed by atoms with Gasteiger partial charge in [0.1, 0.15) is 4.21 Å². The number of amides is 1. The molecule has 6 nitrogen and oxygen atoms in total. The number of carbonyl (C=O) groups is 1. The van der Waals surface area contributed by atoms with Crippen LogP contribution in [0.15, 0.2) is 16.3 Å². The number of piperazine rings is 1. The van der Waals surface area contributed by atoms with Gasteiger partial charge in [-0.3, -0.25) is 4.79 Å². The summed E-state index contributed by atoms with van der Waals surface area (Å²) in [6, 6.07) is 3.40. The molecule has 2 aliphatic rings. The Labute approximate surface area is 157 Å². The molecule has 1 atom stereocenters. The summed E-state index contributed by atoms with van der Waals surface area (Å²) in [5.74, 6) is 0.112. The molecule has 3 rings (SSSR count). The molecule has 0 aliphatic carbocycles. The molecule has 0 spiro atoms. The molecule has 2 aliphatic heterocycles. The van der Waals surface area contributed by atoms with Gasteiger partial charge in [-0.1, -0.05) is 11.6 Å². The Morgan fingerprint density at radius 2 is 2.00 bits per heavy atom. The van der Waals surface area contributed by atoms with E-state index >= 15 is 0 Å². The highest BCUT2D eigenvalue weighted by molar-refractivity contribution is 7.91. The van der Waals surface area contributed by atoms with Crippen molar-refractivity contribution in [2.24, 2.45) is 0 Å². The predicted molar refractivity (Wildman–Crippen MR) is 97.6 cm³/mol. The van der Waals surface area contributed by atoms with Crippen LogP contribution in [0.4, 0.5) is 0 Å². The molecule has 1 N–H and O–H groups in total. The molecular formula is C14H21Cl2N3O3S2. The number of nitrogens with one attached hydrogen (secondary N) is 1. The van der Waals surface area contributed by atoms with Gasteiger partial charge in [-0.05, 0) is 31.5 Å². The van der Waals surface area contributed by atoms with Gasteiger partial charge in [0.15, 0.2) is 0 Å². The third-order valence-corrected chi connectivity index (χ3v) is 7.91. The minimum absolute atomic E-state index is 0. The second kappa shape index (κ2) is 8.33. The molecule has 1 unspecified atom stereocenters. The minimum atomic E-state index is -3.50. The number of thiophene rings is 1. The lowest BCUT2D eigenvalue weighted by atomic mass is 10.1. The van der Waals surface area contributed by atoms with Crippen molar-refractivity contribution in [2.75, 3.05) is 32.7 Å². The fourth-order valence-electron chi connectivity index (χ4n) is 3.01. The van der Waals surface area contributed by atoms with Crippen LogP contribution < -0.4 is 5.32 Å². The number of nitrogens with zero attached hydrogens (tertiary/aromatic N) is 2. The van der Waals surface area contributed by atoms with Crippen LogP contribution in [0.1, 0.15) is 19.3 Å². The van der Waals surface area contributed by atoms with Gasteiger partial charge < -0.3 is 10.2 Å². The maximum absolute atomic E-state index is 12.5. The van der Waals surface area contributed by atoms with E-state index < -0.39 is 10.0 Å². The normalized spacial score (nSPS) is 22.4. The lowest BCUT2D eigenvalue weighted by Crippen LogP contribution is -2.51. The molecule has 1 aromatic rings. The maximum atomic E-state index is 12.5. The minimum Gasteiger partial charge on any atom is -0.340 e. The van der Waals surface area contributed by atoms with Crippen molar-refractivity contribution in [1.82, 2.24) is 14.5 Å². The third-order valence-electron chi connectivity index (χ3n) is 4.32. The van der Waals surface area contributed by atoms with Crippen LogP contribution in [0.3, 0.4) is 0 Å². The van der Waals surface area contributed by atoms with E-state index in [0.29, 0.717) is 36.9 Å². The number of halogens is 2. The van der Waals surface area contributed by atoms with Crippen molar-refractivity contribution in [2.45, 2.75) is 29.5 Å². The fraction of sp³-hybridized carbons (Fsp3) is 0.643. The number of rotatable bonds is 4. The molecule has 3 heterocycles. The summed E-state index contributed by atoms with van der Waals surface area (Å²) in [5, 5.41) is 3.32. The summed E-state index contributed by atoms with van der Waals surface area (Å²) in [7, 11) is -3.50. The van der Waals surface area contributed by atoms with Crippen LogP contribution in [-0.2, 0) is 14.8 Å². The molecule has 24 heavy (non-hydrogen) atoms. The van der Waals surface area contributed by atoms with Gasteiger partial charge in [0.25, 0.3) is 10.0 Å². The summed E-state index contributed by atoms with van der Waals surface area (Å²) in [4.78, 5) is 14.1. The van der Waals surface area contributed by atoms with E-state index in [1.54, 1.807) is 11.0 Å². The predicted octanol–water partition coefficient (Wildman–Crippen LogP) is 1.80. The monoisotopic (exact) mass is 413 g/mol. The molecule has 0 bridgehead atoms. The molecule has 0 aromatic carbocycles. The van der Waals surface area contributed by atoms with E-state index in [2.05, 4.69) is 5.32 Å². The van der Waals surface area contributed by atoms with Crippen molar-refractivity contribution in [3.63, 3.8) is 0 Å². The fourth-order valence-corrected chi connectivity index (χ4v) is 6.07. The van der Waals surface area contributed by atoms with Gasteiger partial charge in [-0.2, -0.15) is 4.31 Å². The molecule has 1 aromatic heterocycles. The molecular weight excluding hydrogens is 393 g/mol. The van der Waals surface area contributed by atoms with E-state index in [-0.39, 0.29) is 28.6 Å². The largest absolute Gasteiger partial charge is 0.340 e. The zero-order valence-electron chi connectivity index (χ0n) is 13.1. The second-order valence-electron chi connectivity index (χ2n) is 5.84. The standard InChI is InChI=1S/C14H20ClN3O3S2.ClH/c15-12-3-4-14(22-12)23(20,21)18-8-6-17(7-9-18)13(19)10-11-2-1-5-16-11;/h3-4,11,16H,1-2,5-10H2;1H. The molecule has 2 fully saturated rings. The van der Waals surface area contributed by atoms with Gasteiger partial charge in [-0.15, -0.1) is 23.7 Å². The summed E-state index contributed by atoms with van der Waals surface area (Å²) < 4.78 is 27.2. The van der Waals surface area contributed by atoms with Crippen molar-refractivity contribution < 1.29 is 13.2 Å². The molecule has 10 heteroatoms. The van der Waals surface area contributed by atoms with E-state index in [0.717, 1.165) is 30.7 Å². The SMILES string of the molecule is Cl.O=C(CC1CCCN1)N1CCN(S(=O)(=O)c2ccc(Cl)s2)CC1. The van der Waals surface area contributed by atoms with Crippen LogP contribution in [0, 0.1) is 0 Å². The highest BCUT2D eigenvalue weighted by Crippen LogP contribution is 2.28. The average Bonchev–Trinajstić information content (AvgIpc) is 3.19. The van der Waals surface area contributed by atoms with Crippen LogP contribution >= 0.6 is 35.3 Å². The highest BCUT2D eigenvalue weighted by atomic mass is 35.5. The van der Waals surface area contributed by atoms with Gasteiger partial charge in [0, 0.05) is 38.6 Å². The first-order valence-corrected chi connectivity index (χ1v) is 10.4. The number of sulfonamides is 1. The Kier molecular flexibility index (Phi) is 6.92. The lowest BCUT2D eigenvalue weighted by Gasteiger charge is -2.34. The average molecular weight is 414 g/mol. The van der Waals surface area contributed by atoms with Gasteiger partial charge >= 0.3 is 0 Å². The smallest absolute Gasteiger partial charge is 0.252 e. The lowest BCUT2D eigenvalue weighted by molar-refractivity contribution is -0.132. The van der Waals surface area contributed by atoms with Crippen molar-refractivity contribution in [3.05, 3.63) is 16.5 Å². The Bertz CT molecular complexity index is 667. The van der Waals surface area contributed by atoms with E-state index in [9.17, 15) is 13.2 Å². The van der Waals surface area contributed by atoms with Crippen LogP contribution in [0.2, 0.25) is 4.34 Å². The van der Waals surface area contributed by atoms with E-state index in [1.807, 2.05) is 0 Å². The van der Waals surface area contributed by atoms with Crippen molar-refractivity contribution in [1.29, 1.82) is 0 Å². The summed E-state index contributed by atoms with van der Waals surface area (Å²) >= 11 is 6.89. The Morgan fingerprint density at radius 1 is 1.29 bits per heavy atom. The Hall–Kier alpha value is -0.380. The van der Waals surface area contributed by atoms with E-state index in [4.69, 9.17) is 11.6 Å². The summed E-state index contributed by atoms with van der Waals surface area (Å²) in [5.41, 5.74) is 0. The zero-order chi connectivity index (χ0) is 16.4. The topological polar surface area (TPSA) is 69.7 Å². The van der Waals surface area contributed by atoms with Crippen molar-refractivity contribution in [3.8, 4) is 0 Å². The maximum Gasteiger partial charge on any atom is 0.252 e. The van der Waals surface area contributed by atoms with Crippen LogP contribution in [-0.4, -0.2) is 62.3 Å². The molecule has 2 saturated heterocycles.